The van der Waals surface area contributed by atoms with Crippen LogP contribution in [0.3, 0.4) is 0 Å². The first-order chi connectivity index (χ1) is 14.4. The molecule has 1 N–H and O–H groups in total. The zero-order valence-corrected chi connectivity index (χ0v) is 16.5. The number of carbonyl (C=O) groups excluding carboxylic acids is 4. The van der Waals surface area contributed by atoms with Gasteiger partial charge in [-0.25, -0.2) is 0 Å². The summed E-state index contributed by atoms with van der Waals surface area (Å²) in [6.45, 7) is -0.424. The lowest BCUT2D eigenvalue weighted by atomic mass is 10.1. The summed E-state index contributed by atoms with van der Waals surface area (Å²) in [7, 11) is 2.90. The van der Waals surface area contributed by atoms with E-state index >= 15 is 0 Å². The van der Waals surface area contributed by atoms with Crippen molar-refractivity contribution in [1.82, 2.24) is 4.90 Å². The van der Waals surface area contributed by atoms with Crippen molar-refractivity contribution in [1.29, 1.82) is 0 Å². The summed E-state index contributed by atoms with van der Waals surface area (Å²) in [6.07, 6.45) is -0.0485. The van der Waals surface area contributed by atoms with Crippen molar-refractivity contribution in [3.63, 3.8) is 0 Å². The molecule has 3 amide bonds. The van der Waals surface area contributed by atoms with Gasteiger partial charge >= 0.3 is 5.97 Å². The van der Waals surface area contributed by atoms with E-state index in [-0.39, 0.29) is 24.2 Å². The van der Waals surface area contributed by atoms with Crippen molar-refractivity contribution in [3.05, 3.63) is 53.6 Å². The molecular formula is C21H20N2O7. The summed E-state index contributed by atoms with van der Waals surface area (Å²) in [5, 5.41) is 2.53. The number of esters is 1. The van der Waals surface area contributed by atoms with Crippen LogP contribution < -0.4 is 14.8 Å². The average molecular weight is 412 g/mol. The van der Waals surface area contributed by atoms with Gasteiger partial charge in [0, 0.05) is 12.7 Å². The first-order valence-corrected chi connectivity index (χ1v) is 9.08. The van der Waals surface area contributed by atoms with Crippen LogP contribution in [0.5, 0.6) is 11.5 Å². The molecule has 0 fully saturated rings. The van der Waals surface area contributed by atoms with Crippen LogP contribution >= 0.6 is 0 Å². The molecule has 30 heavy (non-hydrogen) atoms. The first kappa shape index (κ1) is 20.8. The second-order valence-corrected chi connectivity index (χ2v) is 6.39. The van der Waals surface area contributed by atoms with Gasteiger partial charge in [-0.05, 0) is 30.3 Å². The lowest BCUT2D eigenvalue weighted by Crippen LogP contribution is -2.24. The van der Waals surface area contributed by atoms with Crippen LogP contribution in [0.15, 0.2) is 42.5 Å². The molecule has 156 valence electrons. The Morgan fingerprint density at radius 3 is 2.43 bits per heavy atom. The number of carbonyl (C=O) groups is 4. The van der Waals surface area contributed by atoms with E-state index in [9.17, 15) is 19.2 Å². The van der Waals surface area contributed by atoms with Gasteiger partial charge in [-0.2, -0.15) is 0 Å². The van der Waals surface area contributed by atoms with Crippen LogP contribution in [0.25, 0.3) is 0 Å². The Labute approximate surface area is 172 Å². The molecule has 0 aliphatic carbocycles. The van der Waals surface area contributed by atoms with Gasteiger partial charge in [0.15, 0.2) is 18.1 Å². The van der Waals surface area contributed by atoms with Crippen LogP contribution in [-0.4, -0.2) is 56.0 Å². The van der Waals surface area contributed by atoms with Crippen molar-refractivity contribution in [2.24, 2.45) is 0 Å². The van der Waals surface area contributed by atoms with Crippen molar-refractivity contribution >= 4 is 29.4 Å². The largest absolute Gasteiger partial charge is 0.493 e. The molecule has 1 aliphatic rings. The van der Waals surface area contributed by atoms with Gasteiger partial charge in [0.1, 0.15) is 0 Å². The number of methoxy groups -OCH3 is 1. The molecule has 2 aromatic rings. The number of nitrogens with one attached hydrogen (secondary N) is 1. The third-order valence-corrected chi connectivity index (χ3v) is 4.37. The molecule has 0 radical (unpaired) electrons. The van der Waals surface area contributed by atoms with Gasteiger partial charge in [-0.1, -0.05) is 12.1 Å². The lowest BCUT2D eigenvalue weighted by molar-refractivity contribution is -0.147. The highest BCUT2D eigenvalue weighted by atomic mass is 16.5. The number of nitrogens with zero attached hydrogens (tertiary/aromatic N) is 1. The van der Waals surface area contributed by atoms with Crippen molar-refractivity contribution in [2.75, 3.05) is 32.7 Å². The molecule has 9 heteroatoms. The lowest BCUT2D eigenvalue weighted by Gasteiger charge is -2.10. The molecule has 0 saturated carbocycles. The Balaban J connectivity index is 1.44. The number of imide groups is 1. The predicted molar refractivity (Wildman–Crippen MR) is 106 cm³/mol. The number of benzene rings is 2. The van der Waals surface area contributed by atoms with E-state index in [2.05, 4.69) is 5.32 Å². The summed E-state index contributed by atoms with van der Waals surface area (Å²) < 4.78 is 15.6. The Bertz CT molecular complexity index is 1000. The SMILES string of the molecule is COc1ccccc1OCCC(=O)OCC(=O)Nc1ccc2c(c1)C(=O)N(C)C2=O. The Kier molecular flexibility index (Phi) is 6.31. The van der Waals surface area contributed by atoms with Crippen LogP contribution in [0.2, 0.25) is 0 Å². The minimum Gasteiger partial charge on any atom is -0.493 e. The topological polar surface area (TPSA) is 111 Å². The number of hydrogen-bond donors (Lipinski definition) is 1. The molecule has 1 heterocycles. The third-order valence-electron chi connectivity index (χ3n) is 4.37. The Morgan fingerprint density at radius 1 is 1.00 bits per heavy atom. The normalized spacial score (nSPS) is 12.4. The molecule has 0 atom stereocenters. The fraction of sp³-hybridized carbons (Fsp3) is 0.238. The van der Waals surface area contributed by atoms with E-state index in [1.807, 2.05) is 0 Å². The van der Waals surface area contributed by atoms with Crippen LogP contribution in [0, 0.1) is 0 Å². The first-order valence-electron chi connectivity index (χ1n) is 9.08. The highest BCUT2D eigenvalue weighted by Gasteiger charge is 2.32. The number of para-hydroxylation sites is 2. The van der Waals surface area contributed by atoms with Gasteiger partial charge in [0.05, 0.1) is 31.3 Å². The average Bonchev–Trinajstić information content (AvgIpc) is 2.96. The molecule has 2 aromatic carbocycles. The third kappa shape index (κ3) is 4.57. The van der Waals surface area contributed by atoms with Gasteiger partial charge in [-0.15, -0.1) is 0 Å². The molecule has 0 aromatic heterocycles. The van der Waals surface area contributed by atoms with Crippen LogP contribution in [0.1, 0.15) is 27.1 Å². The highest BCUT2D eigenvalue weighted by Crippen LogP contribution is 2.26. The monoisotopic (exact) mass is 412 g/mol. The van der Waals surface area contributed by atoms with Gasteiger partial charge in [-0.3, -0.25) is 24.1 Å². The minimum atomic E-state index is -0.601. The summed E-state index contributed by atoms with van der Waals surface area (Å²) in [6, 6.07) is 11.4. The summed E-state index contributed by atoms with van der Waals surface area (Å²) in [5.74, 6) is -0.952. The second kappa shape index (κ2) is 9.08. The molecule has 3 rings (SSSR count). The van der Waals surface area contributed by atoms with Crippen LogP contribution in [-0.2, 0) is 14.3 Å². The van der Waals surface area contributed by atoms with Crippen LogP contribution in [0.4, 0.5) is 5.69 Å². The maximum absolute atomic E-state index is 12.0. The van der Waals surface area contributed by atoms with Crippen molar-refractivity contribution < 1.29 is 33.4 Å². The number of fused-ring (bicyclic) bond motifs is 1. The quantitative estimate of drug-likeness (QED) is 0.520. The molecule has 0 saturated heterocycles. The van der Waals surface area contributed by atoms with E-state index < -0.39 is 30.3 Å². The summed E-state index contributed by atoms with van der Waals surface area (Å²) in [5.41, 5.74) is 0.818. The molecule has 9 nitrogen and oxygen atoms in total. The van der Waals surface area contributed by atoms with E-state index in [1.54, 1.807) is 24.3 Å². The van der Waals surface area contributed by atoms with E-state index in [0.29, 0.717) is 17.2 Å². The Morgan fingerprint density at radius 2 is 1.70 bits per heavy atom. The highest BCUT2D eigenvalue weighted by molar-refractivity contribution is 6.21. The summed E-state index contributed by atoms with van der Waals surface area (Å²) in [4.78, 5) is 48.7. The zero-order valence-electron chi connectivity index (χ0n) is 16.5. The number of ether oxygens (including phenoxy) is 3. The molecule has 0 bridgehead atoms. The number of amides is 3. The predicted octanol–water partition coefficient (Wildman–Crippen LogP) is 1.87. The Hall–Kier alpha value is -3.88. The number of anilines is 1. The maximum atomic E-state index is 12.0. The maximum Gasteiger partial charge on any atom is 0.309 e. The van der Waals surface area contributed by atoms with Crippen molar-refractivity contribution in [3.8, 4) is 11.5 Å². The van der Waals surface area contributed by atoms with Crippen molar-refractivity contribution in [2.45, 2.75) is 6.42 Å². The van der Waals surface area contributed by atoms with E-state index in [4.69, 9.17) is 14.2 Å². The molecule has 0 unspecified atom stereocenters. The number of rotatable bonds is 8. The second-order valence-electron chi connectivity index (χ2n) is 6.39. The standard InChI is InChI=1S/C21H20N2O7/c1-23-20(26)14-8-7-13(11-15(14)21(23)27)22-18(24)12-30-19(25)9-10-29-17-6-4-3-5-16(17)28-2/h3-8,11H,9-10,12H2,1-2H3,(H,22,24). The van der Waals surface area contributed by atoms with Gasteiger partial charge in [0.2, 0.25) is 0 Å². The summed E-state index contributed by atoms with van der Waals surface area (Å²) >= 11 is 0. The van der Waals surface area contributed by atoms with Gasteiger partial charge < -0.3 is 19.5 Å². The minimum absolute atomic E-state index is 0.0485. The van der Waals surface area contributed by atoms with Gasteiger partial charge in [0.25, 0.3) is 17.7 Å². The molecular weight excluding hydrogens is 392 g/mol. The van der Waals surface area contributed by atoms with E-state index in [1.165, 1.54) is 32.4 Å². The fourth-order valence-electron chi connectivity index (χ4n) is 2.84. The zero-order chi connectivity index (χ0) is 21.7. The van der Waals surface area contributed by atoms with E-state index in [0.717, 1.165) is 4.90 Å². The molecule has 1 aliphatic heterocycles. The molecule has 0 spiro atoms. The number of hydrogen-bond acceptors (Lipinski definition) is 7. The smallest absolute Gasteiger partial charge is 0.309 e. The fourth-order valence-corrected chi connectivity index (χ4v) is 2.84.